The molecule has 6 nitrogen and oxygen atoms in total. The minimum absolute atomic E-state index is 0.0291. The van der Waals surface area contributed by atoms with E-state index in [-0.39, 0.29) is 11.8 Å². The molecule has 2 atom stereocenters. The minimum Gasteiger partial charge on any atom is -0.296 e. The van der Waals surface area contributed by atoms with Crippen molar-refractivity contribution in [2.24, 2.45) is 0 Å². The van der Waals surface area contributed by atoms with E-state index in [0.717, 1.165) is 108 Å². The number of fused-ring (bicyclic) bond motifs is 5. The van der Waals surface area contributed by atoms with Gasteiger partial charge < -0.3 is 0 Å². The lowest BCUT2D eigenvalue weighted by molar-refractivity contribution is 0.572. The maximum absolute atomic E-state index is 5.66. The minimum atomic E-state index is 0.0291. The Bertz CT molecular complexity index is 4230. The fraction of sp³-hybridized carbons (Fsp3) is 0.0606. The highest BCUT2D eigenvalue weighted by Gasteiger charge is 2.28. The van der Waals surface area contributed by atoms with Gasteiger partial charge in [0, 0.05) is 45.3 Å². The molecular formula is C66H46N6. The van der Waals surface area contributed by atoms with Gasteiger partial charge in [-0.15, -0.1) is 0 Å². The van der Waals surface area contributed by atoms with Gasteiger partial charge in [0.1, 0.15) is 11.6 Å². The second kappa shape index (κ2) is 17.3. The number of allylic oxidation sites excluding steroid dienone is 2. The normalized spacial score (nSPS) is 14.8. The summed E-state index contributed by atoms with van der Waals surface area (Å²) in [5, 5.41) is 5.88. The third kappa shape index (κ3) is 7.26. The molecule has 0 spiro atoms. The van der Waals surface area contributed by atoms with Gasteiger partial charge in [-0.1, -0.05) is 170 Å². The van der Waals surface area contributed by atoms with Crippen LogP contribution in [0.3, 0.4) is 0 Å². The predicted molar refractivity (Wildman–Crippen MR) is 296 cm³/mol. The van der Waals surface area contributed by atoms with E-state index in [2.05, 4.69) is 246 Å². The summed E-state index contributed by atoms with van der Waals surface area (Å²) in [5.41, 5.74) is 14.7. The average molecular weight is 923 g/mol. The molecule has 0 fully saturated rings. The van der Waals surface area contributed by atoms with E-state index in [0.29, 0.717) is 5.82 Å². The number of imidazole rings is 2. The number of nitrogens with zero attached hydrogens (tertiary/aromatic N) is 6. The number of hydrogen-bond donors (Lipinski definition) is 0. The molecule has 1 aliphatic carbocycles. The highest BCUT2D eigenvalue weighted by molar-refractivity contribution is 6.02. The summed E-state index contributed by atoms with van der Waals surface area (Å²) in [6, 6.07) is 82.0. The number of aromatic nitrogens is 6. The predicted octanol–water partition coefficient (Wildman–Crippen LogP) is 16.5. The van der Waals surface area contributed by atoms with Crippen LogP contribution in [0, 0.1) is 0 Å². The van der Waals surface area contributed by atoms with E-state index in [4.69, 9.17) is 19.9 Å². The van der Waals surface area contributed by atoms with Crippen LogP contribution in [-0.4, -0.2) is 29.1 Å². The SMILES string of the molecule is C1=CC(c2nc3ccccc3n2-c2ccccc2)CCC1c1nc(-c2ccc(-c3nc4ccccc4n3-c3ccccc3)cc2)nc2c(-c3ccc4ccccc4c3)cc(-c3ccc4ccccc4c3)cc12. The van der Waals surface area contributed by atoms with Crippen molar-refractivity contribution < 1.29 is 0 Å². The molecule has 0 amide bonds. The molecular weight excluding hydrogens is 877 g/mol. The van der Waals surface area contributed by atoms with Crippen LogP contribution < -0.4 is 0 Å². The molecule has 0 radical (unpaired) electrons. The average Bonchev–Trinajstić information content (AvgIpc) is 4.05. The molecule has 2 unspecified atom stereocenters. The number of hydrogen-bond acceptors (Lipinski definition) is 4. The zero-order chi connectivity index (χ0) is 47.5. The van der Waals surface area contributed by atoms with Gasteiger partial charge in [-0.05, 0) is 124 Å². The standard InChI is InChI=1S/C66H46N6/c1-3-19-54(20-4-1)71-60-25-13-11-23-58(60)67-65(71)47-33-29-45(30-34-47)62-57-42-53(51-37-27-43-15-7-9-17-49(43)39-51)41-56(52-38-28-44-16-8-10-18-50(44)40-52)63(57)70-64(69-62)46-31-35-48(36-32-46)66-68-59-24-12-14-26-61(59)72(66)55-21-5-2-6-22-55/h1-29,31-33,35-42,45,47H,30,34H2. The molecule has 3 aromatic heterocycles. The van der Waals surface area contributed by atoms with Gasteiger partial charge in [0.2, 0.25) is 0 Å². The summed E-state index contributed by atoms with van der Waals surface area (Å²) in [4.78, 5) is 21.7. The molecule has 10 aromatic carbocycles. The van der Waals surface area contributed by atoms with Crippen LogP contribution in [0.25, 0.3) is 111 Å². The molecule has 13 aromatic rings. The summed E-state index contributed by atoms with van der Waals surface area (Å²) in [6.07, 6.45) is 6.58. The Hall–Kier alpha value is -9.26. The Kier molecular flexibility index (Phi) is 10.0. The molecule has 0 saturated heterocycles. The van der Waals surface area contributed by atoms with Crippen LogP contribution in [0.5, 0.6) is 0 Å². The summed E-state index contributed by atoms with van der Waals surface area (Å²) < 4.78 is 4.59. The van der Waals surface area contributed by atoms with E-state index in [9.17, 15) is 0 Å². The fourth-order valence-electron chi connectivity index (χ4n) is 11.0. The summed E-state index contributed by atoms with van der Waals surface area (Å²) in [7, 11) is 0. The highest BCUT2D eigenvalue weighted by atomic mass is 15.1. The lowest BCUT2D eigenvalue weighted by Gasteiger charge is -2.25. The first-order chi connectivity index (χ1) is 35.7. The first-order valence-corrected chi connectivity index (χ1v) is 24.9. The Labute approximate surface area is 416 Å². The molecule has 14 rings (SSSR count). The molecule has 6 heteroatoms. The van der Waals surface area contributed by atoms with Crippen LogP contribution in [0.15, 0.2) is 243 Å². The highest BCUT2D eigenvalue weighted by Crippen LogP contribution is 2.43. The van der Waals surface area contributed by atoms with E-state index < -0.39 is 0 Å². The Morgan fingerprint density at radius 3 is 1.57 bits per heavy atom. The monoisotopic (exact) mass is 922 g/mol. The van der Waals surface area contributed by atoms with Crippen molar-refractivity contribution in [2.75, 3.05) is 0 Å². The second-order valence-corrected chi connectivity index (χ2v) is 19.0. The second-order valence-electron chi connectivity index (χ2n) is 19.0. The molecule has 340 valence electrons. The topological polar surface area (TPSA) is 61.4 Å². The van der Waals surface area contributed by atoms with Crippen molar-refractivity contribution >= 4 is 54.5 Å². The van der Waals surface area contributed by atoms with Gasteiger partial charge in [-0.3, -0.25) is 9.13 Å². The van der Waals surface area contributed by atoms with E-state index >= 15 is 0 Å². The van der Waals surface area contributed by atoms with Crippen LogP contribution in [0.4, 0.5) is 0 Å². The van der Waals surface area contributed by atoms with Crippen LogP contribution in [0.2, 0.25) is 0 Å². The lowest BCUT2D eigenvalue weighted by Crippen LogP contribution is -2.13. The van der Waals surface area contributed by atoms with Crippen molar-refractivity contribution in [3.05, 3.63) is 254 Å². The Balaban J connectivity index is 0.953. The van der Waals surface area contributed by atoms with Crippen LogP contribution in [0.1, 0.15) is 36.2 Å². The molecule has 3 heterocycles. The quantitative estimate of drug-likeness (QED) is 0.142. The number of para-hydroxylation sites is 6. The van der Waals surface area contributed by atoms with Crippen molar-refractivity contribution in [2.45, 2.75) is 24.7 Å². The van der Waals surface area contributed by atoms with E-state index in [1.165, 1.54) is 21.5 Å². The molecule has 0 aliphatic heterocycles. The van der Waals surface area contributed by atoms with Crippen molar-refractivity contribution in [3.63, 3.8) is 0 Å². The zero-order valence-electron chi connectivity index (χ0n) is 39.3. The maximum atomic E-state index is 5.66. The van der Waals surface area contributed by atoms with Gasteiger partial charge in [0.05, 0.1) is 33.3 Å². The third-order valence-electron chi connectivity index (χ3n) is 14.6. The summed E-state index contributed by atoms with van der Waals surface area (Å²) >= 11 is 0. The summed E-state index contributed by atoms with van der Waals surface area (Å²) in [6.45, 7) is 0. The van der Waals surface area contributed by atoms with Gasteiger partial charge in [0.15, 0.2) is 5.82 Å². The molecule has 0 bridgehead atoms. The molecule has 72 heavy (non-hydrogen) atoms. The maximum Gasteiger partial charge on any atom is 0.160 e. The van der Waals surface area contributed by atoms with Crippen molar-refractivity contribution in [3.8, 4) is 56.4 Å². The molecule has 1 aliphatic rings. The van der Waals surface area contributed by atoms with Gasteiger partial charge in [-0.25, -0.2) is 19.9 Å². The zero-order valence-corrected chi connectivity index (χ0v) is 39.3. The molecule has 0 N–H and O–H groups in total. The third-order valence-corrected chi connectivity index (χ3v) is 14.6. The molecule has 0 saturated carbocycles. The Morgan fingerprint density at radius 1 is 0.361 bits per heavy atom. The van der Waals surface area contributed by atoms with Crippen LogP contribution in [-0.2, 0) is 0 Å². The van der Waals surface area contributed by atoms with Crippen molar-refractivity contribution in [1.29, 1.82) is 0 Å². The first kappa shape index (κ1) is 41.7. The smallest absolute Gasteiger partial charge is 0.160 e. The first-order valence-electron chi connectivity index (χ1n) is 24.9. The van der Waals surface area contributed by atoms with Crippen molar-refractivity contribution in [1.82, 2.24) is 29.1 Å². The van der Waals surface area contributed by atoms with E-state index in [1.54, 1.807) is 0 Å². The number of benzene rings is 10. The van der Waals surface area contributed by atoms with Gasteiger partial charge in [-0.2, -0.15) is 0 Å². The lowest BCUT2D eigenvalue weighted by atomic mass is 9.84. The number of rotatable bonds is 8. The Morgan fingerprint density at radius 2 is 0.889 bits per heavy atom. The van der Waals surface area contributed by atoms with Gasteiger partial charge >= 0.3 is 0 Å². The van der Waals surface area contributed by atoms with E-state index in [1.807, 2.05) is 6.07 Å². The largest absolute Gasteiger partial charge is 0.296 e. The van der Waals surface area contributed by atoms with Crippen LogP contribution >= 0.6 is 0 Å². The summed E-state index contributed by atoms with van der Waals surface area (Å²) in [5.74, 6) is 2.79. The fourth-order valence-corrected chi connectivity index (χ4v) is 11.0. The van der Waals surface area contributed by atoms with Gasteiger partial charge in [0.25, 0.3) is 0 Å².